The fourth-order valence-electron chi connectivity index (χ4n) is 2.02. The summed E-state index contributed by atoms with van der Waals surface area (Å²) in [7, 11) is 1.55. The largest absolute Gasteiger partial charge is 0.466 e. The van der Waals surface area contributed by atoms with Crippen LogP contribution in [0.25, 0.3) is 0 Å². The van der Waals surface area contributed by atoms with Crippen LogP contribution in [0.15, 0.2) is 0 Å². The van der Waals surface area contributed by atoms with E-state index in [1.165, 1.54) is 0 Å². The highest BCUT2D eigenvalue weighted by Crippen LogP contribution is 2.08. The van der Waals surface area contributed by atoms with Crippen LogP contribution >= 0.6 is 0 Å². The molecule has 1 atom stereocenters. The molecule has 1 rings (SSSR count). The lowest BCUT2D eigenvalue weighted by atomic mass is 10.1. The summed E-state index contributed by atoms with van der Waals surface area (Å²) in [6.45, 7) is 3.50. The average molecular weight is 286 g/mol. The topological polar surface area (TPSA) is 84.9 Å². The number of hydrogen-bond donors (Lipinski definition) is 1. The Hall–Kier alpha value is -1.47. The quantitative estimate of drug-likeness (QED) is 0.626. The molecule has 0 aromatic carbocycles. The zero-order valence-corrected chi connectivity index (χ0v) is 12.0. The highest BCUT2D eigenvalue weighted by molar-refractivity contribution is 5.86. The summed E-state index contributed by atoms with van der Waals surface area (Å²) in [5.41, 5.74) is 0. The van der Waals surface area contributed by atoms with Crippen LogP contribution in [0.5, 0.6) is 0 Å². The average Bonchev–Trinajstić information content (AvgIpc) is 2.45. The van der Waals surface area contributed by atoms with E-state index in [9.17, 15) is 14.4 Å². The van der Waals surface area contributed by atoms with Gasteiger partial charge >= 0.3 is 5.97 Å². The van der Waals surface area contributed by atoms with E-state index in [1.807, 2.05) is 0 Å². The normalized spacial score (nSPS) is 19.4. The van der Waals surface area contributed by atoms with Gasteiger partial charge in [-0.2, -0.15) is 0 Å². The minimum Gasteiger partial charge on any atom is -0.466 e. The van der Waals surface area contributed by atoms with E-state index in [0.29, 0.717) is 19.8 Å². The van der Waals surface area contributed by atoms with Crippen molar-refractivity contribution >= 4 is 17.7 Å². The maximum absolute atomic E-state index is 11.9. The van der Waals surface area contributed by atoms with Gasteiger partial charge in [-0.3, -0.25) is 19.3 Å². The van der Waals surface area contributed by atoms with Gasteiger partial charge in [-0.1, -0.05) is 0 Å². The molecular formula is C13H22N2O5. The zero-order valence-electron chi connectivity index (χ0n) is 12.0. The molecule has 1 N–H and O–H groups in total. The molecule has 1 aliphatic rings. The molecule has 7 heteroatoms. The Morgan fingerprint density at radius 2 is 2.10 bits per heavy atom. The lowest BCUT2D eigenvalue weighted by Crippen LogP contribution is -2.54. The number of rotatable bonds is 7. The van der Waals surface area contributed by atoms with Gasteiger partial charge < -0.3 is 14.8 Å². The molecule has 20 heavy (non-hydrogen) atoms. The van der Waals surface area contributed by atoms with E-state index >= 15 is 0 Å². The standard InChI is InChI=1S/C13H22N2O5/c1-3-20-12(17)5-4-10(16)8-15-6-7-19-9-11(15)13(18)14-2/h11H,3-9H2,1-2H3,(H,14,18). The zero-order chi connectivity index (χ0) is 15.0. The number of morpholine rings is 1. The summed E-state index contributed by atoms with van der Waals surface area (Å²) in [6.07, 6.45) is 0.221. The van der Waals surface area contributed by atoms with Crippen LogP contribution in [0.4, 0.5) is 0 Å². The summed E-state index contributed by atoms with van der Waals surface area (Å²) in [5, 5.41) is 2.56. The number of nitrogens with one attached hydrogen (secondary N) is 1. The van der Waals surface area contributed by atoms with Crippen molar-refractivity contribution in [1.82, 2.24) is 10.2 Å². The van der Waals surface area contributed by atoms with Crippen molar-refractivity contribution in [3.63, 3.8) is 0 Å². The molecule has 0 radical (unpaired) electrons. The smallest absolute Gasteiger partial charge is 0.306 e. The van der Waals surface area contributed by atoms with E-state index in [4.69, 9.17) is 9.47 Å². The Balaban J connectivity index is 2.42. The fraction of sp³-hybridized carbons (Fsp3) is 0.769. The lowest BCUT2D eigenvalue weighted by Gasteiger charge is -2.33. The highest BCUT2D eigenvalue weighted by atomic mass is 16.5. The van der Waals surface area contributed by atoms with Gasteiger partial charge in [-0.05, 0) is 6.92 Å². The molecule has 114 valence electrons. The molecule has 0 bridgehead atoms. The van der Waals surface area contributed by atoms with Crippen molar-refractivity contribution in [3.05, 3.63) is 0 Å². The van der Waals surface area contributed by atoms with Crippen LogP contribution in [0, 0.1) is 0 Å². The number of Topliss-reactive ketones (excluding diaryl/α,β-unsaturated/α-hetero) is 1. The molecule has 0 spiro atoms. The molecule has 1 saturated heterocycles. The van der Waals surface area contributed by atoms with Crippen LogP contribution in [0.1, 0.15) is 19.8 Å². The van der Waals surface area contributed by atoms with Gasteiger partial charge in [0.05, 0.1) is 32.8 Å². The SMILES string of the molecule is CCOC(=O)CCC(=O)CN1CCOCC1C(=O)NC. The molecule has 1 fully saturated rings. The van der Waals surface area contributed by atoms with Crippen LogP contribution in [0.3, 0.4) is 0 Å². The monoisotopic (exact) mass is 286 g/mol. The fourth-order valence-corrected chi connectivity index (χ4v) is 2.02. The summed E-state index contributed by atoms with van der Waals surface area (Å²) in [4.78, 5) is 36.5. The second kappa shape index (κ2) is 8.65. The molecule has 0 aromatic heterocycles. The van der Waals surface area contributed by atoms with Gasteiger partial charge in [0, 0.05) is 20.0 Å². The molecule has 7 nitrogen and oxygen atoms in total. The van der Waals surface area contributed by atoms with E-state index in [-0.39, 0.29) is 43.7 Å². The first-order valence-corrected chi connectivity index (χ1v) is 6.79. The van der Waals surface area contributed by atoms with E-state index in [0.717, 1.165) is 0 Å². The Morgan fingerprint density at radius 1 is 1.35 bits per heavy atom. The van der Waals surface area contributed by atoms with Crippen molar-refractivity contribution in [2.24, 2.45) is 0 Å². The minimum absolute atomic E-state index is 0.0751. The van der Waals surface area contributed by atoms with Crippen LogP contribution < -0.4 is 5.32 Å². The second-order valence-corrected chi connectivity index (χ2v) is 4.52. The van der Waals surface area contributed by atoms with Gasteiger partial charge in [0.2, 0.25) is 5.91 Å². The first-order chi connectivity index (χ1) is 9.58. The van der Waals surface area contributed by atoms with Gasteiger partial charge in [-0.15, -0.1) is 0 Å². The number of nitrogens with zero attached hydrogens (tertiary/aromatic N) is 1. The summed E-state index contributed by atoms with van der Waals surface area (Å²) in [6, 6.07) is -0.444. The Bertz CT molecular complexity index is 359. The Labute approximate surface area is 118 Å². The molecule has 1 unspecified atom stereocenters. The van der Waals surface area contributed by atoms with Crippen molar-refractivity contribution in [2.45, 2.75) is 25.8 Å². The number of carbonyl (C=O) groups excluding carboxylic acids is 3. The first kappa shape index (κ1) is 16.6. The first-order valence-electron chi connectivity index (χ1n) is 6.79. The molecule has 1 aliphatic heterocycles. The summed E-state index contributed by atoms with van der Waals surface area (Å²) >= 11 is 0. The van der Waals surface area contributed by atoms with Crippen molar-refractivity contribution < 1.29 is 23.9 Å². The number of likely N-dealkylation sites (N-methyl/N-ethyl adjacent to an activating group) is 1. The number of amides is 1. The van der Waals surface area contributed by atoms with Crippen LogP contribution in [0.2, 0.25) is 0 Å². The Kier molecular flexibility index (Phi) is 7.17. The third kappa shape index (κ3) is 5.26. The van der Waals surface area contributed by atoms with Gasteiger partial charge in [0.1, 0.15) is 11.8 Å². The molecular weight excluding hydrogens is 264 g/mol. The van der Waals surface area contributed by atoms with E-state index < -0.39 is 6.04 Å². The van der Waals surface area contributed by atoms with Crippen molar-refractivity contribution in [3.8, 4) is 0 Å². The van der Waals surface area contributed by atoms with Crippen molar-refractivity contribution in [1.29, 1.82) is 0 Å². The minimum atomic E-state index is -0.444. The number of esters is 1. The summed E-state index contributed by atoms with van der Waals surface area (Å²) in [5.74, 6) is -0.609. The maximum atomic E-state index is 11.9. The van der Waals surface area contributed by atoms with Crippen LogP contribution in [-0.4, -0.2) is 68.6 Å². The van der Waals surface area contributed by atoms with Crippen LogP contribution in [-0.2, 0) is 23.9 Å². The van der Waals surface area contributed by atoms with E-state index in [2.05, 4.69) is 5.32 Å². The number of ketones is 1. The summed E-state index contributed by atoms with van der Waals surface area (Å²) < 4.78 is 10.0. The third-order valence-electron chi connectivity index (χ3n) is 3.08. The van der Waals surface area contributed by atoms with E-state index in [1.54, 1.807) is 18.9 Å². The third-order valence-corrected chi connectivity index (χ3v) is 3.08. The molecule has 1 amide bonds. The molecule has 0 aliphatic carbocycles. The Morgan fingerprint density at radius 3 is 2.75 bits per heavy atom. The van der Waals surface area contributed by atoms with Crippen molar-refractivity contribution in [2.75, 3.05) is 40.0 Å². The van der Waals surface area contributed by atoms with Gasteiger partial charge in [0.25, 0.3) is 0 Å². The molecule has 0 saturated carbocycles. The maximum Gasteiger partial charge on any atom is 0.306 e. The van der Waals surface area contributed by atoms with Gasteiger partial charge in [0.15, 0.2) is 0 Å². The van der Waals surface area contributed by atoms with Gasteiger partial charge in [-0.25, -0.2) is 0 Å². The molecule has 1 heterocycles. The number of hydrogen-bond acceptors (Lipinski definition) is 6. The predicted octanol–water partition coefficient (Wildman–Crippen LogP) is -0.654. The molecule has 0 aromatic rings. The highest BCUT2D eigenvalue weighted by Gasteiger charge is 2.29. The predicted molar refractivity (Wildman–Crippen MR) is 71.1 cm³/mol. The number of ether oxygens (including phenoxy) is 2. The number of carbonyl (C=O) groups is 3. The lowest BCUT2D eigenvalue weighted by molar-refractivity contribution is -0.145. The second-order valence-electron chi connectivity index (χ2n) is 4.52.